The van der Waals surface area contributed by atoms with Gasteiger partial charge in [-0.2, -0.15) is 13.2 Å². The molecule has 1 unspecified atom stereocenters. The fraction of sp³-hybridized carbons (Fsp3) is 0.348. The summed E-state index contributed by atoms with van der Waals surface area (Å²) in [5.74, 6) is -0.785. The zero-order valence-electron chi connectivity index (χ0n) is 19.3. The van der Waals surface area contributed by atoms with E-state index in [0.717, 1.165) is 18.2 Å². The van der Waals surface area contributed by atoms with Crippen molar-refractivity contribution in [1.29, 1.82) is 0 Å². The van der Waals surface area contributed by atoms with Crippen LogP contribution in [0.1, 0.15) is 40.2 Å². The van der Waals surface area contributed by atoms with Crippen molar-refractivity contribution in [3.63, 3.8) is 0 Å². The van der Waals surface area contributed by atoms with E-state index in [0.29, 0.717) is 10.6 Å². The van der Waals surface area contributed by atoms with Crippen molar-refractivity contribution in [2.24, 2.45) is 0 Å². The van der Waals surface area contributed by atoms with Crippen LogP contribution in [0.5, 0.6) is 0 Å². The summed E-state index contributed by atoms with van der Waals surface area (Å²) in [5.41, 5.74) is -1.45. The molecule has 11 heteroatoms. The van der Waals surface area contributed by atoms with E-state index in [1.54, 1.807) is 52.0 Å². The molecular formula is C23H26F3N3O4S. The summed E-state index contributed by atoms with van der Waals surface area (Å²) in [6, 6.07) is 9.37. The summed E-state index contributed by atoms with van der Waals surface area (Å²) < 4.78 is 44.8. The zero-order chi connectivity index (χ0) is 25.7. The van der Waals surface area contributed by atoms with E-state index in [1.807, 2.05) is 0 Å². The Morgan fingerprint density at radius 1 is 0.912 bits per heavy atom. The highest BCUT2D eigenvalue weighted by Gasteiger charge is 2.32. The minimum Gasteiger partial charge on any atom is -0.444 e. The molecule has 0 heterocycles. The molecule has 34 heavy (non-hydrogen) atoms. The van der Waals surface area contributed by atoms with Crippen LogP contribution >= 0.6 is 11.8 Å². The highest BCUT2D eigenvalue weighted by molar-refractivity contribution is 8.00. The molecule has 2 aromatic carbocycles. The first kappa shape index (κ1) is 27.0. The van der Waals surface area contributed by atoms with Crippen molar-refractivity contribution >= 4 is 46.7 Å². The number of rotatable bonds is 6. The molecule has 1 atom stereocenters. The lowest BCUT2D eigenvalue weighted by Crippen LogP contribution is -2.28. The Bertz CT molecular complexity index is 1050. The number of nitrogens with one attached hydrogen (secondary N) is 3. The van der Waals surface area contributed by atoms with Gasteiger partial charge in [-0.25, -0.2) is 4.79 Å². The minimum atomic E-state index is -4.64. The molecule has 0 bridgehead atoms. The lowest BCUT2D eigenvalue weighted by atomic mass is 10.1. The summed E-state index contributed by atoms with van der Waals surface area (Å²) >= 11 is 1.18. The lowest BCUT2D eigenvalue weighted by Gasteiger charge is -2.21. The first-order chi connectivity index (χ1) is 15.6. The van der Waals surface area contributed by atoms with E-state index in [4.69, 9.17) is 4.74 Å². The van der Waals surface area contributed by atoms with Crippen LogP contribution in [0.2, 0.25) is 0 Å². The number of anilines is 3. The number of hydrogen-bond donors (Lipinski definition) is 3. The summed E-state index contributed by atoms with van der Waals surface area (Å²) in [7, 11) is 0. The Labute approximate surface area is 199 Å². The molecule has 2 rings (SSSR count). The highest BCUT2D eigenvalue weighted by Crippen LogP contribution is 2.35. The Morgan fingerprint density at radius 2 is 1.53 bits per heavy atom. The van der Waals surface area contributed by atoms with Crippen molar-refractivity contribution in [2.75, 3.05) is 16.0 Å². The van der Waals surface area contributed by atoms with E-state index >= 15 is 0 Å². The predicted octanol–water partition coefficient (Wildman–Crippen LogP) is 6.13. The number of hydrogen-bond acceptors (Lipinski definition) is 5. The van der Waals surface area contributed by atoms with Gasteiger partial charge >= 0.3 is 12.3 Å². The van der Waals surface area contributed by atoms with Gasteiger partial charge in [0.1, 0.15) is 5.60 Å². The molecule has 0 saturated heterocycles. The molecule has 0 radical (unpaired) electrons. The SMILES string of the molecule is CC(=O)Nc1ccc(SC(C)C(=O)Nc2cc(C(F)(F)F)ccc2NC(=O)OC(C)(C)C)cc1. The summed E-state index contributed by atoms with van der Waals surface area (Å²) in [4.78, 5) is 36.7. The number of amides is 3. The largest absolute Gasteiger partial charge is 0.444 e. The Morgan fingerprint density at radius 3 is 2.06 bits per heavy atom. The lowest BCUT2D eigenvalue weighted by molar-refractivity contribution is -0.137. The quantitative estimate of drug-likeness (QED) is 0.417. The summed E-state index contributed by atoms with van der Waals surface area (Å²) in [6.45, 7) is 7.90. The Balaban J connectivity index is 2.18. The normalized spacial score (nSPS) is 12.5. The molecule has 0 saturated carbocycles. The molecule has 184 valence electrons. The van der Waals surface area contributed by atoms with Crippen LogP contribution < -0.4 is 16.0 Å². The third-order valence-electron chi connectivity index (χ3n) is 4.10. The second-order valence-corrected chi connectivity index (χ2v) is 9.75. The Kier molecular flexibility index (Phi) is 8.60. The van der Waals surface area contributed by atoms with Crippen LogP contribution in [0.4, 0.5) is 35.0 Å². The monoisotopic (exact) mass is 497 g/mol. The van der Waals surface area contributed by atoms with Gasteiger partial charge in [-0.05, 0) is 70.2 Å². The summed E-state index contributed by atoms with van der Waals surface area (Å²) in [6.07, 6.45) is -5.51. The van der Waals surface area contributed by atoms with Crippen LogP contribution in [0.15, 0.2) is 47.4 Å². The predicted molar refractivity (Wildman–Crippen MR) is 126 cm³/mol. The third kappa shape index (κ3) is 8.62. The number of carbonyl (C=O) groups excluding carboxylic acids is 3. The van der Waals surface area contributed by atoms with E-state index in [-0.39, 0.29) is 17.3 Å². The Hall–Kier alpha value is -3.21. The number of alkyl halides is 3. The molecule has 0 fully saturated rings. The molecular weight excluding hydrogens is 471 g/mol. The molecule has 7 nitrogen and oxygen atoms in total. The van der Waals surface area contributed by atoms with E-state index < -0.39 is 34.6 Å². The van der Waals surface area contributed by atoms with Gasteiger partial charge in [0.25, 0.3) is 0 Å². The molecule has 0 aromatic heterocycles. The van der Waals surface area contributed by atoms with Crippen molar-refractivity contribution in [2.45, 2.75) is 56.5 Å². The number of halogens is 3. The number of ether oxygens (including phenoxy) is 1. The van der Waals surface area contributed by atoms with Gasteiger partial charge in [-0.15, -0.1) is 11.8 Å². The average Bonchev–Trinajstić information content (AvgIpc) is 2.68. The molecule has 2 aromatic rings. The molecule has 0 aliphatic heterocycles. The second-order valence-electron chi connectivity index (χ2n) is 8.34. The van der Waals surface area contributed by atoms with Crippen LogP contribution in [-0.4, -0.2) is 28.8 Å². The van der Waals surface area contributed by atoms with Crippen molar-refractivity contribution in [3.05, 3.63) is 48.0 Å². The molecule has 0 aliphatic carbocycles. The highest BCUT2D eigenvalue weighted by atomic mass is 32.2. The summed E-state index contributed by atoms with van der Waals surface area (Å²) in [5, 5.41) is 6.78. The van der Waals surface area contributed by atoms with Crippen molar-refractivity contribution in [3.8, 4) is 0 Å². The molecule has 0 spiro atoms. The topological polar surface area (TPSA) is 96.5 Å². The molecule has 3 amide bonds. The number of carbonyl (C=O) groups is 3. The number of benzene rings is 2. The fourth-order valence-electron chi connectivity index (χ4n) is 2.66. The van der Waals surface area contributed by atoms with Crippen LogP contribution in [0.25, 0.3) is 0 Å². The fourth-order valence-corrected chi connectivity index (χ4v) is 3.53. The van der Waals surface area contributed by atoms with Gasteiger partial charge in [0, 0.05) is 17.5 Å². The van der Waals surface area contributed by atoms with E-state index in [1.165, 1.54) is 18.7 Å². The third-order valence-corrected chi connectivity index (χ3v) is 5.21. The minimum absolute atomic E-state index is 0.0348. The van der Waals surface area contributed by atoms with Gasteiger partial charge in [0.2, 0.25) is 11.8 Å². The van der Waals surface area contributed by atoms with Gasteiger partial charge in [-0.1, -0.05) is 0 Å². The average molecular weight is 498 g/mol. The van der Waals surface area contributed by atoms with Crippen molar-refractivity contribution in [1.82, 2.24) is 0 Å². The van der Waals surface area contributed by atoms with E-state index in [9.17, 15) is 27.6 Å². The smallest absolute Gasteiger partial charge is 0.416 e. The molecule has 3 N–H and O–H groups in total. The second kappa shape index (κ2) is 10.8. The van der Waals surface area contributed by atoms with E-state index in [2.05, 4.69) is 16.0 Å². The van der Waals surface area contributed by atoms with Gasteiger partial charge < -0.3 is 15.4 Å². The zero-order valence-corrected chi connectivity index (χ0v) is 20.1. The first-order valence-electron chi connectivity index (χ1n) is 10.2. The van der Waals surface area contributed by atoms with Crippen molar-refractivity contribution < 1.29 is 32.3 Å². The maximum atomic E-state index is 13.2. The van der Waals surface area contributed by atoms with Crippen LogP contribution in [0, 0.1) is 0 Å². The molecule has 0 aliphatic rings. The van der Waals surface area contributed by atoms with Gasteiger partial charge in [0.15, 0.2) is 0 Å². The van der Waals surface area contributed by atoms with Crippen LogP contribution in [0.3, 0.4) is 0 Å². The number of thioether (sulfide) groups is 1. The van der Waals surface area contributed by atoms with Gasteiger partial charge in [-0.3, -0.25) is 14.9 Å². The van der Waals surface area contributed by atoms with Gasteiger partial charge in [0.05, 0.1) is 22.2 Å². The standard InChI is InChI=1S/C23H26F3N3O4S/c1-13(34-17-9-7-16(8-10-17)27-14(2)30)20(31)28-19-12-15(23(24,25)26)6-11-18(19)29-21(32)33-22(3,4)5/h6-13H,1-5H3,(H,27,30)(H,28,31)(H,29,32). The first-order valence-corrected chi connectivity index (χ1v) is 11.1. The maximum Gasteiger partial charge on any atom is 0.416 e. The maximum absolute atomic E-state index is 13.2. The van der Waals surface area contributed by atoms with Crippen LogP contribution in [-0.2, 0) is 20.5 Å².